The molecule has 0 radical (unpaired) electrons. The molecule has 0 saturated carbocycles. The Morgan fingerprint density at radius 2 is 2.14 bits per heavy atom. The number of anilines is 1. The molecule has 1 fully saturated rings. The number of aryl methyl sites for hydroxylation is 1. The lowest BCUT2D eigenvalue weighted by molar-refractivity contribution is -0.0223. The number of nitrogens with zero attached hydrogens (tertiary/aromatic N) is 2. The van der Waals surface area contributed by atoms with Gasteiger partial charge in [-0.1, -0.05) is 23.7 Å². The van der Waals surface area contributed by atoms with Crippen LogP contribution in [0, 0.1) is 12.7 Å². The van der Waals surface area contributed by atoms with Crippen LogP contribution in [0.4, 0.5) is 10.1 Å². The molecule has 4 aromatic rings. The van der Waals surface area contributed by atoms with Gasteiger partial charge in [-0.25, -0.2) is 14.4 Å². The summed E-state index contributed by atoms with van der Waals surface area (Å²) in [5.74, 6) is -0.418. The Morgan fingerprint density at radius 3 is 2.86 bits per heavy atom. The number of halogens is 2. The molecule has 0 unspecified atom stereocenters. The number of aromatic amines is 1. The second-order valence-corrected chi connectivity index (χ2v) is 9.07. The standard InChI is InChI=1S/C26H24ClFN4O4/c1-14-8-17(36-21-5-3-2-4-20(21)28)9-29-23(14)25(34)18-10-30-26-22(18)24(19(27)11-31-26)32-15-6-7-16(12-33)35-13-15/h2-5,8-11,15-16,33H,6-7,12-13H2,1H3,(H2,30,31,32)/t15-,16+/m1/s1. The van der Waals surface area contributed by atoms with E-state index in [1.54, 1.807) is 31.3 Å². The van der Waals surface area contributed by atoms with Crippen LogP contribution in [0.1, 0.15) is 34.5 Å². The molecule has 0 aliphatic carbocycles. The third-order valence-electron chi connectivity index (χ3n) is 6.15. The first-order chi connectivity index (χ1) is 17.4. The van der Waals surface area contributed by atoms with Gasteiger partial charge < -0.3 is 24.9 Å². The molecule has 8 nitrogen and oxygen atoms in total. The number of pyridine rings is 2. The first-order valence-corrected chi connectivity index (χ1v) is 11.9. The third-order valence-corrected chi connectivity index (χ3v) is 6.44. The van der Waals surface area contributed by atoms with Gasteiger partial charge in [0.15, 0.2) is 11.6 Å². The number of ether oxygens (including phenoxy) is 2. The lowest BCUT2D eigenvalue weighted by atomic mass is 10.0. The van der Waals surface area contributed by atoms with E-state index in [0.717, 1.165) is 6.42 Å². The van der Waals surface area contributed by atoms with Crippen molar-refractivity contribution < 1.29 is 23.8 Å². The van der Waals surface area contributed by atoms with Crippen molar-refractivity contribution in [2.24, 2.45) is 0 Å². The van der Waals surface area contributed by atoms with Crippen molar-refractivity contribution in [1.82, 2.24) is 15.0 Å². The van der Waals surface area contributed by atoms with Gasteiger partial charge >= 0.3 is 0 Å². The van der Waals surface area contributed by atoms with Gasteiger partial charge in [0.05, 0.1) is 53.4 Å². The van der Waals surface area contributed by atoms with Crippen molar-refractivity contribution in [1.29, 1.82) is 0 Å². The van der Waals surface area contributed by atoms with Crippen molar-refractivity contribution in [2.75, 3.05) is 18.5 Å². The summed E-state index contributed by atoms with van der Waals surface area (Å²) in [5.41, 5.74) is 2.26. The summed E-state index contributed by atoms with van der Waals surface area (Å²) in [7, 11) is 0. The van der Waals surface area contributed by atoms with Gasteiger partial charge in [0, 0.05) is 12.2 Å². The van der Waals surface area contributed by atoms with Gasteiger partial charge in [-0.15, -0.1) is 0 Å². The predicted octanol–water partition coefficient (Wildman–Crippen LogP) is 5.03. The van der Waals surface area contributed by atoms with Crippen molar-refractivity contribution in [3.63, 3.8) is 0 Å². The van der Waals surface area contributed by atoms with Gasteiger partial charge in [-0.05, 0) is 43.5 Å². The number of H-pyrrole nitrogens is 1. The largest absolute Gasteiger partial charge is 0.453 e. The molecule has 1 aliphatic rings. The topological polar surface area (TPSA) is 109 Å². The fourth-order valence-corrected chi connectivity index (χ4v) is 4.48. The van der Waals surface area contributed by atoms with Gasteiger partial charge in [-0.3, -0.25) is 4.79 Å². The van der Waals surface area contributed by atoms with E-state index in [1.165, 1.54) is 24.5 Å². The number of aromatic nitrogens is 3. The molecule has 10 heteroatoms. The first kappa shape index (κ1) is 24.2. The number of carbonyl (C=O) groups excluding carboxylic acids is 1. The molecular weight excluding hydrogens is 487 g/mol. The summed E-state index contributed by atoms with van der Waals surface area (Å²) in [4.78, 5) is 25.3. The zero-order chi connectivity index (χ0) is 25.2. The Labute approximate surface area is 211 Å². The third kappa shape index (κ3) is 4.77. The number of carbonyl (C=O) groups is 1. The molecule has 36 heavy (non-hydrogen) atoms. The molecule has 1 aliphatic heterocycles. The molecule has 4 heterocycles. The van der Waals surface area contributed by atoms with Crippen LogP contribution in [-0.4, -0.2) is 51.2 Å². The lowest BCUT2D eigenvalue weighted by Gasteiger charge is -2.29. The molecule has 0 spiro atoms. The maximum absolute atomic E-state index is 13.9. The molecule has 2 atom stereocenters. The van der Waals surface area contributed by atoms with E-state index >= 15 is 0 Å². The summed E-state index contributed by atoms with van der Waals surface area (Å²) in [6.07, 6.45) is 5.83. The molecule has 3 aromatic heterocycles. The Kier molecular flexibility index (Phi) is 6.86. The maximum Gasteiger partial charge on any atom is 0.213 e. The van der Waals surface area contributed by atoms with E-state index < -0.39 is 5.82 Å². The molecule has 5 rings (SSSR count). The van der Waals surface area contributed by atoms with Crippen LogP contribution in [0.25, 0.3) is 11.0 Å². The summed E-state index contributed by atoms with van der Waals surface area (Å²) in [5, 5.41) is 13.6. The average molecular weight is 511 g/mol. The number of hydrogen-bond acceptors (Lipinski definition) is 7. The normalized spacial score (nSPS) is 17.8. The highest BCUT2D eigenvalue weighted by Gasteiger charge is 2.26. The average Bonchev–Trinajstić information content (AvgIpc) is 3.32. The van der Waals surface area contributed by atoms with Crippen LogP contribution in [0.3, 0.4) is 0 Å². The number of para-hydroxylation sites is 1. The number of rotatable bonds is 7. The van der Waals surface area contributed by atoms with E-state index in [2.05, 4.69) is 20.3 Å². The fraction of sp³-hybridized carbons (Fsp3) is 0.269. The number of nitrogens with one attached hydrogen (secondary N) is 2. The smallest absolute Gasteiger partial charge is 0.213 e. The number of fused-ring (bicyclic) bond motifs is 1. The number of hydrogen-bond donors (Lipinski definition) is 3. The number of aliphatic hydroxyl groups is 1. The van der Waals surface area contributed by atoms with E-state index in [9.17, 15) is 14.3 Å². The van der Waals surface area contributed by atoms with Gasteiger partial charge in [0.1, 0.15) is 17.1 Å². The summed E-state index contributed by atoms with van der Waals surface area (Å²) >= 11 is 6.51. The van der Waals surface area contributed by atoms with Crippen LogP contribution in [0.15, 0.2) is 48.9 Å². The molecule has 3 N–H and O–H groups in total. The van der Waals surface area contributed by atoms with Gasteiger partial charge in [-0.2, -0.15) is 0 Å². The summed E-state index contributed by atoms with van der Waals surface area (Å²) in [6, 6.07) is 7.67. The molecule has 1 aromatic carbocycles. The first-order valence-electron chi connectivity index (χ1n) is 11.5. The van der Waals surface area contributed by atoms with Crippen LogP contribution < -0.4 is 10.1 Å². The van der Waals surface area contributed by atoms with Crippen molar-refractivity contribution in [2.45, 2.75) is 31.9 Å². The van der Waals surface area contributed by atoms with Crippen molar-refractivity contribution >= 4 is 34.1 Å². The van der Waals surface area contributed by atoms with Crippen molar-refractivity contribution in [3.8, 4) is 11.5 Å². The van der Waals surface area contributed by atoms with E-state index in [1.807, 2.05) is 0 Å². The Hall–Kier alpha value is -3.53. The quantitative estimate of drug-likeness (QED) is 0.299. The van der Waals surface area contributed by atoms with Gasteiger partial charge in [0.25, 0.3) is 0 Å². The maximum atomic E-state index is 13.9. The van der Waals surface area contributed by atoms with Crippen LogP contribution in [0.5, 0.6) is 11.5 Å². The molecule has 186 valence electrons. The highest BCUT2D eigenvalue weighted by molar-refractivity contribution is 6.35. The predicted molar refractivity (Wildman–Crippen MR) is 133 cm³/mol. The second-order valence-electron chi connectivity index (χ2n) is 8.66. The van der Waals surface area contributed by atoms with Crippen LogP contribution in [-0.2, 0) is 4.74 Å². The van der Waals surface area contributed by atoms with Crippen LogP contribution in [0.2, 0.25) is 5.02 Å². The minimum Gasteiger partial charge on any atom is -0.453 e. The van der Waals surface area contributed by atoms with E-state index in [-0.39, 0.29) is 36.0 Å². The second kappa shape index (κ2) is 10.2. The lowest BCUT2D eigenvalue weighted by Crippen LogP contribution is -2.36. The Bertz CT molecular complexity index is 1420. The summed E-state index contributed by atoms with van der Waals surface area (Å²) in [6.45, 7) is 2.13. The molecule has 0 amide bonds. The van der Waals surface area contributed by atoms with Gasteiger partial charge in [0.2, 0.25) is 5.78 Å². The fourth-order valence-electron chi connectivity index (χ4n) is 4.29. The van der Waals surface area contributed by atoms with Crippen LogP contribution >= 0.6 is 11.6 Å². The summed E-state index contributed by atoms with van der Waals surface area (Å²) < 4.78 is 25.2. The Morgan fingerprint density at radius 1 is 1.31 bits per heavy atom. The SMILES string of the molecule is Cc1cc(Oc2ccccc2F)cnc1C(=O)c1c[nH]c2ncc(Cl)c(N[C@@H]3CC[C@@H](CO)OC3)c12. The number of ketones is 1. The number of benzene rings is 1. The molecule has 0 bridgehead atoms. The number of aliphatic hydroxyl groups excluding tert-OH is 1. The highest BCUT2D eigenvalue weighted by Crippen LogP contribution is 2.35. The monoisotopic (exact) mass is 510 g/mol. The Balaban J connectivity index is 1.44. The van der Waals surface area contributed by atoms with Crippen molar-refractivity contribution in [3.05, 3.63) is 76.6 Å². The molecule has 1 saturated heterocycles. The van der Waals surface area contributed by atoms with E-state index in [4.69, 9.17) is 21.1 Å². The van der Waals surface area contributed by atoms with E-state index in [0.29, 0.717) is 51.6 Å². The highest BCUT2D eigenvalue weighted by atomic mass is 35.5. The zero-order valence-corrected chi connectivity index (χ0v) is 20.2. The minimum atomic E-state index is -0.492. The zero-order valence-electron chi connectivity index (χ0n) is 19.4. The molecular formula is C26H24ClFN4O4. The minimum absolute atomic E-state index is 0.0140.